The van der Waals surface area contributed by atoms with Crippen LogP contribution in [0.25, 0.3) is 0 Å². The number of benzene rings is 1. The Bertz CT molecular complexity index is 529. The number of sulfone groups is 1. The van der Waals surface area contributed by atoms with Crippen LogP contribution in [0.15, 0.2) is 17.0 Å². The van der Waals surface area contributed by atoms with Gasteiger partial charge in [0.15, 0.2) is 9.84 Å². The average molecular weight is 262 g/mol. The first kappa shape index (κ1) is 13.9. The third-order valence-corrected chi connectivity index (χ3v) is 3.38. The van der Waals surface area contributed by atoms with E-state index in [-0.39, 0.29) is 16.2 Å². The lowest BCUT2D eigenvalue weighted by Crippen LogP contribution is -2.18. The summed E-state index contributed by atoms with van der Waals surface area (Å²) in [6, 6.07) is 1.94. The predicted octanol–water partition coefficient (Wildman–Crippen LogP) is 1.47. The number of hydrogen-bond donors (Lipinski definition) is 1. The highest BCUT2D eigenvalue weighted by Gasteiger charge is 2.27. The van der Waals surface area contributed by atoms with E-state index in [0.29, 0.717) is 0 Å². The summed E-state index contributed by atoms with van der Waals surface area (Å²) in [4.78, 5) is -0.267. The molecule has 0 radical (unpaired) electrons. The van der Waals surface area contributed by atoms with Crippen molar-refractivity contribution in [2.75, 3.05) is 13.4 Å². The van der Waals surface area contributed by atoms with Crippen LogP contribution in [-0.2, 0) is 15.4 Å². The minimum atomic E-state index is -3.63. The Morgan fingerprint density at radius 1 is 1.35 bits per heavy atom. The summed E-state index contributed by atoms with van der Waals surface area (Å²) in [7, 11) is -2.35. The molecule has 17 heavy (non-hydrogen) atoms. The van der Waals surface area contributed by atoms with Crippen LogP contribution in [0.4, 0.5) is 4.39 Å². The first-order valence-electron chi connectivity index (χ1n) is 4.88. The first-order valence-corrected chi connectivity index (χ1v) is 6.77. The minimum absolute atomic E-state index is 0.0265. The fourth-order valence-electron chi connectivity index (χ4n) is 1.51. The lowest BCUT2D eigenvalue weighted by molar-refractivity contribution is 0.0747. The Balaban J connectivity index is 3.70. The van der Waals surface area contributed by atoms with E-state index < -0.39 is 21.3 Å². The Morgan fingerprint density at radius 3 is 2.24 bits per heavy atom. The molecule has 0 unspecified atom stereocenters. The summed E-state index contributed by atoms with van der Waals surface area (Å²) in [5.74, 6) is -0.759. The van der Waals surface area contributed by atoms with Gasteiger partial charge in [0.25, 0.3) is 0 Å². The molecule has 0 aliphatic rings. The second-order valence-corrected chi connectivity index (χ2v) is 6.30. The van der Waals surface area contributed by atoms with Gasteiger partial charge in [0.05, 0.1) is 12.7 Å². The van der Waals surface area contributed by atoms with E-state index in [2.05, 4.69) is 0 Å². The molecule has 1 aromatic rings. The Labute approximate surface area is 100.0 Å². The molecule has 0 bridgehead atoms. The molecule has 0 heterocycles. The molecule has 6 heteroatoms. The van der Waals surface area contributed by atoms with Crippen LogP contribution in [0, 0.1) is 5.82 Å². The standard InChI is InChI=1S/C11H15FO4S/c1-11(2,13)8-5-7(12)6-9(10(8)16-3)17(4,14)15/h5-6,13H,1-4H3. The van der Waals surface area contributed by atoms with E-state index in [4.69, 9.17) is 4.74 Å². The SMILES string of the molecule is COc1c(C(C)(C)O)cc(F)cc1S(C)(=O)=O. The van der Waals surface area contributed by atoms with Crippen LogP contribution in [0.5, 0.6) is 5.75 Å². The molecule has 1 N–H and O–H groups in total. The van der Waals surface area contributed by atoms with E-state index in [1.165, 1.54) is 21.0 Å². The normalized spacial score (nSPS) is 12.6. The van der Waals surface area contributed by atoms with Gasteiger partial charge in [0.1, 0.15) is 16.5 Å². The van der Waals surface area contributed by atoms with Crippen molar-refractivity contribution in [2.45, 2.75) is 24.3 Å². The summed E-state index contributed by atoms with van der Waals surface area (Å²) in [6.45, 7) is 2.85. The fourth-order valence-corrected chi connectivity index (χ4v) is 2.37. The Kier molecular flexibility index (Phi) is 3.50. The number of ether oxygens (including phenoxy) is 1. The minimum Gasteiger partial charge on any atom is -0.495 e. The van der Waals surface area contributed by atoms with Crippen LogP contribution in [0.3, 0.4) is 0 Å². The van der Waals surface area contributed by atoms with E-state index in [0.717, 1.165) is 18.4 Å². The average Bonchev–Trinajstić information content (AvgIpc) is 2.13. The molecule has 0 aliphatic carbocycles. The van der Waals surface area contributed by atoms with Gasteiger partial charge in [0.2, 0.25) is 0 Å². The smallest absolute Gasteiger partial charge is 0.179 e. The van der Waals surface area contributed by atoms with Crippen molar-refractivity contribution >= 4 is 9.84 Å². The van der Waals surface area contributed by atoms with Crippen molar-refractivity contribution in [1.29, 1.82) is 0 Å². The van der Waals surface area contributed by atoms with Gasteiger partial charge in [-0.05, 0) is 26.0 Å². The summed E-state index contributed by atoms with van der Waals surface area (Å²) < 4.78 is 41.4. The van der Waals surface area contributed by atoms with Crippen LogP contribution in [-0.4, -0.2) is 26.9 Å². The van der Waals surface area contributed by atoms with Crippen molar-refractivity contribution in [2.24, 2.45) is 0 Å². The van der Waals surface area contributed by atoms with Gasteiger partial charge in [0, 0.05) is 11.8 Å². The molecule has 4 nitrogen and oxygen atoms in total. The van der Waals surface area contributed by atoms with Gasteiger partial charge >= 0.3 is 0 Å². The highest BCUT2D eigenvalue weighted by molar-refractivity contribution is 7.90. The first-order chi connectivity index (χ1) is 7.57. The molecule has 0 aromatic heterocycles. The predicted molar refractivity (Wildman–Crippen MR) is 61.3 cm³/mol. The van der Waals surface area contributed by atoms with E-state index in [9.17, 15) is 17.9 Å². The van der Waals surface area contributed by atoms with E-state index in [1.807, 2.05) is 0 Å². The van der Waals surface area contributed by atoms with Gasteiger partial charge in [-0.2, -0.15) is 0 Å². The maximum Gasteiger partial charge on any atom is 0.179 e. The van der Waals surface area contributed by atoms with Crippen LogP contribution < -0.4 is 4.74 Å². The zero-order valence-corrected chi connectivity index (χ0v) is 10.9. The summed E-state index contributed by atoms with van der Waals surface area (Å²) in [5.41, 5.74) is -1.30. The number of aliphatic hydroxyl groups is 1. The van der Waals surface area contributed by atoms with E-state index in [1.54, 1.807) is 0 Å². The Hall–Kier alpha value is -1.14. The molecule has 0 aliphatic heterocycles. The molecule has 0 spiro atoms. The van der Waals surface area contributed by atoms with Gasteiger partial charge < -0.3 is 9.84 Å². The molecule has 0 fully saturated rings. The van der Waals surface area contributed by atoms with Crippen LogP contribution in [0.1, 0.15) is 19.4 Å². The monoisotopic (exact) mass is 262 g/mol. The third kappa shape index (κ3) is 2.95. The highest BCUT2D eigenvalue weighted by atomic mass is 32.2. The molecule has 0 atom stereocenters. The lowest BCUT2D eigenvalue weighted by Gasteiger charge is -2.22. The molecule has 1 aromatic carbocycles. The van der Waals surface area contributed by atoms with Crippen molar-refractivity contribution in [3.8, 4) is 5.75 Å². The van der Waals surface area contributed by atoms with Crippen LogP contribution >= 0.6 is 0 Å². The number of rotatable bonds is 3. The van der Waals surface area contributed by atoms with E-state index >= 15 is 0 Å². The van der Waals surface area contributed by atoms with Gasteiger partial charge in [-0.25, -0.2) is 12.8 Å². The number of hydrogen-bond acceptors (Lipinski definition) is 4. The van der Waals surface area contributed by atoms with Gasteiger partial charge in [-0.15, -0.1) is 0 Å². The zero-order chi connectivity index (χ0) is 13.4. The maximum atomic E-state index is 13.4. The topological polar surface area (TPSA) is 63.6 Å². The number of methoxy groups -OCH3 is 1. The summed E-state index contributed by atoms with van der Waals surface area (Å²) in [5, 5.41) is 9.87. The number of halogens is 1. The molecule has 0 saturated carbocycles. The molecular formula is C11H15FO4S. The van der Waals surface area contributed by atoms with Crippen LogP contribution in [0.2, 0.25) is 0 Å². The largest absolute Gasteiger partial charge is 0.495 e. The second-order valence-electron chi connectivity index (χ2n) is 4.32. The molecule has 96 valence electrons. The molecular weight excluding hydrogens is 247 g/mol. The highest BCUT2D eigenvalue weighted by Crippen LogP contribution is 2.35. The zero-order valence-electron chi connectivity index (χ0n) is 10.1. The van der Waals surface area contributed by atoms with Gasteiger partial charge in [-0.1, -0.05) is 0 Å². The van der Waals surface area contributed by atoms with Crippen molar-refractivity contribution in [3.05, 3.63) is 23.5 Å². The molecule has 1 rings (SSSR count). The van der Waals surface area contributed by atoms with Crippen molar-refractivity contribution < 1.29 is 22.7 Å². The quantitative estimate of drug-likeness (QED) is 0.896. The second kappa shape index (κ2) is 4.27. The van der Waals surface area contributed by atoms with Crippen molar-refractivity contribution in [1.82, 2.24) is 0 Å². The summed E-state index contributed by atoms with van der Waals surface area (Å²) >= 11 is 0. The van der Waals surface area contributed by atoms with Crippen molar-refractivity contribution in [3.63, 3.8) is 0 Å². The third-order valence-electron chi connectivity index (χ3n) is 2.28. The summed E-state index contributed by atoms with van der Waals surface area (Å²) in [6.07, 6.45) is 0.957. The lowest BCUT2D eigenvalue weighted by atomic mass is 9.97. The fraction of sp³-hybridized carbons (Fsp3) is 0.455. The van der Waals surface area contributed by atoms with Gasteiger partial charge in [-0.3, -0.25) is 0 Å². The maximum absolute atomic E-state index is 13.4. The molecule has 0 amide bonds. The molecule has 0 saturated heterocycles. The Morgan fingerprint density at radius 2 is 1.88 bits per heavy atom.